The van der Waals surface area contributed by atoms with Gasteiger partial charge < -0.3 is 4.74 Å². The minimum Gasteiger partial charge on any atom is -0.493 e. The van der Waals surface area contributed by atoms with Crippen molar-refractivity contribution in [2.24, 2.45) is 0 Å². The number of nitrogens with zero attached hydrogens (tertiary/aromatic N) is 6. The molecular formula is C29H24N6O2S. The molecule has 188 valence electrons. The Balaban J connectivity index is 1.46. The van der Waals surface area contributed by atoms with E-state index in [0.29, 0.717) is 21.9 Å². The minimum atomic E-state index is -0.212. The third-order valence-corrected chi connectivity index (χ3v) is 7.04. The Bertz CT molecular complexity index is 1840. The second-order valence-corrected chi connectivity index (χ2v) is 9.83. The first-order chi connectivity index (χ1) is 18.6. The molecule has 0 unspecified atom stereocenters. The topological polar surface area (TPSA) is 87.2 Å². The summed E-state index contributed by atoms with van der Waals surface area (Å²) >= 11 is 1.31. The Morgan fingerprint density at radius 1 is 1.00 bits per heavy atom. The molecular weight excluding hydrogens is 496 g/mol. The van der Waals surface area contributed by atoms with E-state index in [-0.39, 0.29) is 5.56 Å². The highest BCUT2D eigenvalue weighted by Crippen LogP contribution is 2.29. The fraction of sp³-hybridized carbons (Fsp3) is 0.138. The molecule has 9 heteroatoms. The molecule has 0 spiro atoms. The van der Waals surface area contributed by atoms with E-state index < -0.39 is 0 Å². The van der Waals surface area contributed by atoms with E-state index in [0.717, 1.165) is 45.8 Å². The zero-order chi connectivity index (χ0) is 26.1. The van der Waals surface area contributed by atoms with Crippen LogP contribution in [0.3, 0.4) is 0 Å². The number of aryl methyl sites for hydroxylation is 1. The number of fused-ring (bicyclic) bond motifs is 1. The number of benzene rings is 2. The minimum absolute atomic E-state index is 0.212. The molecule has 0 aliphatic carbocycles. The van der Waals surface area contributed by atoms with Crippen molar-refractivity contribution in [3.63, 3.8) is 0 Å². The van der Waals surface area contributed by atoms with Gasteiger partial charge in [-0.15, -0.1) is 5.10 Å². The van der Waals surface area contributed by atoms with Gasteiger partial charge in [0.2, 0.25) is 4.96 Å². The molecule has 0 saturated carbocycles. The zero-order valence-corrected chi connectivity index (χ0v) is 21.7. The summed E-state index contributed by atoms with van der Waals surface area (Å²) in [4.78, 5) is 22.4. The highest BCUT2D eigenvalue weighted by molar-refractivity contribution is 7.15. The van der Waals surface area contributed by atoms with Gasteiger partial charge in [0.05, 0.1) is 16.8 Å². The number of para-hydroxylation sites is 1. The van der Waals surface area contributed by atoms with Gasteiger partial charge in [0.1, 0.15) is 11.4 Å². The molecule has 0 bridgehead atoms. The summed E-state index contributed by atoms with van der Waals surface area (Å²) in [5, 5.41) is 9.35. The van der Waals surface area contributed by atoms with Gasteiger partial charge in [-0.25, -0.2) is 4.68 Å². The standard InChI is InChI=1S/C29H24N6O2S/c1-3-15-37-24-10-9-21(16-19(24)2)26-22(18-34(32-26)23-7-5-4-6-8-23)17-25-28(36)35-29(38-25)31-27(33-35)20-11-13-30-14-12-20/h4-14,16-18H,3,15H2,1-2H3. The summed E-state index contributed by atoms with van der Waals surface area (Å²) in [7, 11) is 0. The third-order valence-electron chi connectivity index (χ3n) is 6.08. The summed E-state index contributed by atoms with van der Waals surface area (Å²) in [6.07, 6.45) is 8.12. The second kappa shape index (κ2) is 10.0. The van der Waals surface area contributed by atoms with Crippen LogP contribution in [-0.2, 0) is 0 Å². The second-order valence-electron chi connectivity index (χ2n) is 8.82. The third kappa shape index (κ3) is 4.48. The Morgan fingerprint density at radius 3 is 2.55 bits per heavy atom. The van der Waals surface area contributed by atoms with Crippen molar-refractivity contribution in [2.45, 2.75) is 20.3 Å². The first-order valence-electron chi connectivity index (χ1n) is 12.3. The van der Waals surface area contributed by atoms with Gasteiger partial charge in [0, 0.05) is 35.3 Å². The average Bonchev–Trinajstić information content (AvgIpc) is 3.64. The van der Waals surface area contributed by atoms with Gasteiger partial charge in [0.25, 0.3) is 5.56 Å². The first-order valence-corrected chi connectivity index (χ1v) is 13.1. The molecule has 4 heterocycles. The number of ether oxygens (including phenoxy) is 1. The molecule has 8 nitrogen and oxygen atoms in total. The van der Waals surface area contributed by atoms with Crippen molar-refractivity contribution >= 4 is 22.4 Å². The highest BCUT2D eigenvalue weighted by Gasteiger charge is 2.16. The molecule has 4 aromatic heterocycles. The highest BCUT2D eigenvalue weighted by atomic mass is 32.1. The van der Waals surface area contributed by atoms with E-state index >= 15 is 0 Å². The maximum absolute atomic E-state index is 13.3. The van der Waals surface area contributed by atoms with E-state index in [1.165, 1.54) is 15.9 Å². The van der Waals surface area contributed by atoms with Crippen molar-refractivity contribution < 1.29 is 4.74 Å². The van der Waals surface area contributed by atoms with E-state index in [1.807, 2.05) is 78.5 Å². The maximum Gasteiger partial charge on any atom is 0.291 e. The number of thiazole rings is 1. The maximum atomic E-state index is 13.3. The molecule has 6 aromatic rings. The summed E-state index contributed by atoms with van der Waals surface area (Å²) in [6, 6.07) is 19.6. The van der Waals surface area contributed by atoms with Crippen molar-refractivity contribution in [1.82, 2.24) is 29.4 Å². The smallest absolute Gasteiger partial charge is 0.291 e. The van der Waals surface area contributed by atoms with Gasteiger partial charge in [0.15, 0.2) is 5.82 Å². The predicted molar refractivity (Wildman–Crippen MR) is 149 cm³/mol. The summed E-state index contributed by atoms with van der Waals surface area (Å²) in [5.41, 5.74) is 5.10. The number of hydrogen-bond donors (Lipinski definition) is 0. The number of pyridine rings is 1. The molecule has 0 amide bonds. The molecule has 38 heavy (non-hydrogen) atoms. The van der Waals surface area contributed by atoms with Gasteiger partial charge in [-0.1, -0.05) is 36.5 Å². The van der Waals surface area contributed by atoms with E-state index in [1.54, 1.807) is 12.4 Å². The molecule has 0 N–H and O–H groups in total. The molecule has 0 saturated heterocycles. The van der Waals surface area contributed by atoms with Gasteiger partial charge in [-0.05, 0) is 67.4 Å². The van der Waals surface area contributed by atoms with Gasteiger partial charge >= 0.3 is 0 Å². The lowest BCUT2D eigenvalue weighted by Gasteiger charge is -2.09. The van der Waals surface area contributed by atoms with Crippen LogP contribution in [0.4, 0.5) is 0 Å². The molecule has 6 rings (SSSR count). The lowest BCUT2D eigenvalue weighted by Crippen LogP contribution is -2.23. The molecule has 0 radical (unpaired) electrons. The predicted octanol–water partition coefficient (Wildman–Crippen LogP) is 4.71. The zero-order valence-electron chi connectivity index (χ0n) is 20.9. The van der Waals surface area contributed by atoms with Crippen LogP contribution in [0.1, 0.15) is 24.5 Å². The van der Waals surface area contributed by atoms with Gasteiger partial charge in [-0.2, -0.15) is 14.6 Å². The normalized spacial score (nSPS) is 11.9. The van der Waals surface area contributed by atoms with Crippen molar-refractivity contribution in [2.75, 3.05) is 6.61 Å². The molecule has 2 aromatic carbocycles. The van der Waals surface area contributed by atoms with Crippen LogP contribution in [0, 0.1) is 6.92 Å². The van der Waals surface area contributed by atoms with E-state index in [2.05, 4.69) is 28.1 Å². The van der Waals surface area contributed by atoms with Crippen molar-refractivity contribution in [1.29, 1.82) is 0 Å². The van der Waals surface area contributed by atoms with E-state index in [4.69, 9.17) is 9.84 Å². The fourth-order valence-electron chi connectivity index (χ4n) is 4.20. The Hall–Kier alpha value is -4.63. The van der Waals surface area contributed by atoms with Gasteiger partial charge in [-0.3, -0.25) is 9.78 Å². The van der Waals surface area contributed by atoms with Crippen LogP contribution in [0.5, 0.6) is 5.75 Å². The Labute approximate surface area is 222 Å². The summed E-state index contributed by atoms with van der Waals surface area (Å²) in [6.45, 7) is 4.79. The number of aromatic nitrogens is 6. The lowest BCUT2D eigenvalue weighted by molar-refractivity contribution is 0.315. The fourth-order valence-corrected chi connectivity index (χ4v) is 5.10. The average molecular weight is 521 g/mol. The molecule has 0 fully saturated rings. The molecule has 0 aliphatic rings. The first kappa shape index (κ1) is 23.7. The van der Waals surface area contributed by atoms with E-state index in [9.17, 15) is 4.79 Å². The number of rotatable bonds is 7. The summed E-state index contributed by atoms with van der Waals surface area (Å²) < 4.78 is 9.60. The van der Waals surface area contributed by atoms with Crippen LogP contribution in [0.2, 0.25) is 0 Å². The SMILES string of the molecule is CCCOc1ccc(-c2nn(-c3ccccc3)cc2C=c2sc3nc(-c4ccncc4)nn3c2=O)cc1C. The van der Waals surface area contributed by atoms with Crippen LogP contribution < -0.4 is 14.8 Å². The largest absolute Gasteiger partial charge is 0.493 e. The lowest BCUT2D eigenvalue weighted by atomic mass is 10.0. The van der Waals surface area contributed by atoms with Crippen molar-refractivity contribution in [3.8, 4) is 34.1 Å². The van der Waals surface area contributed by atoms with Crippen LogP contribution in [-0.4, -0.2) is 36.0 Å². The molecule has 0 aliphatic heterocycles. The van der Waals surface area contributed by atoms with Crippen molar-refractivity contribution in [3.05, 3.63) is 105 Å². The molecule has 0 atom stereocenters. The van der Waals surface area contributed by atoms with Crippen LogP contribution in [0.15, 0.2) is 84.0 Å². The Kier molecular flexibility index (Phi) is 6.27. The quantitative estimate of drug-likeness (QED) is 0.303. The monoisotopic (exact) mass is 520 g/mol. The van der Waals surface area contributed by atoms with Crippen LogP contribution in [0.25, 0.3) is 39.4 Å². The number of hydrogen-bond acceptors (Lipinski definition) is 7. The summed E-state index contributed by atoms with van der Waals surface area (Å²) in [5.74, 6) is 1.36. The Morgan fingerprint density at radius 2 is 1.82 bits per heavy atom. The van der Waals surface area contributed by atoms with Crippen LogP contribution >= 0.6 is 11.3 Å².